The summed E-state index contributed by atoms with van der Waals surface area (Å²) in [7, 11) is -3.33. The van der Waals surface area contributed by atoms with E-state index in [0.29, 0.717) is 6.54 Å². The molecule has 0 spiro atoms. The van der Waals surface area contributed by atoms with Crippen molar-refractivity contribution in [3.63, 3.8) is 0 Å². The Morgan fingerprint density at radius 1 is 0.905 bits per heavy atom. The van der Waals surface area contributed by atoms with Gasteiger partial charge in [0.2, 0.25) is 10.0 Å². The maximum atomic E-state index is 12.2. The van der Waals surface area contributed by atoms with Gasteiger partial charge in [-0.15, -0.1) is 0 Å². The molecule has 4 heteroatoms. The van der Waals surface area contributed by atoms with Gasteiger partial charge in [0.1, 0.15) is 0 Å². The van der Waals surface area contributed by atoms with Gasteiger partial charge in [-0.2, -0.15) is 0 Å². The molecule has 21 heavy (non-hydrogen) atoms. The van der Waals surface area contributed by atoms with E-state index in [2.05, 4.69) is 0 Å². The van der Waals surface area contributed by atoms with Crippen molar-refractivity contribution in [1.82, 2.24) is 0 Å². The lowest BCUT2D eigenvalue weighted by molar-refractivity contribution is 0.596. The summed E-state index contributed by atoms with van der Waals surface area (Å²) in [6, 6.07) is 13.8. The van der Waals surface area contributed by atoms with E-state index < -0.39 is 10.0 Å². The molecule has 0 fully saturated rings. The van der Waals surface area contributed by atoms with E-state index >= 15 is 0 Å². The van der Waals surface area contributed by atoms with E-state index in [1.165, 1.54) is 10.6 Å². The first kappa shape index (κ1) is 15.6. The molecule has 2 rings (SSSR count). The Bertz CT molecular complexity index is 734. The van der Waals surface area contributed by atoms with Crippen LogP contribution in [-0.2, 0) is 16.6 Å². The first-order chi connectivity index (χ1) is 9.77. The zero-order valence-corrected chi connectivity index (χ0v) is 13.7. The van der Waals surface area contributed by atoms with Crippen LogP contribution in [0.15, 0.2) is 42.5 Å². The molecule has 0 amide bonds. The highest BCUT2D eigenvalue weighted by Crippen LogP contribution is 2.25. The van der Waals surface area contributed by atoms with Gasteiger partial charge in [0.25, 0.3) is 0 Å². The lowest BCUT2D eigenvalue weighted by atomic mass is 10.1. The third-order valence-corrected chi connectivity index (χ3v) is 4.59. The molecule has 112 valence electrons. The van der Waals surface area contributed by atoms with Gasteiger partial charge in [-0.1, -0.05) is 47.5 Å². The number of hydrogen-bond donors (Lipinski definition) is 0. The van der Waals surface area contributed by atoms with Crippen LogP contribution in [-0.4, -0.2) is 14.7 Å². The highest BCUT2D eigenvalue weighted by atomic mass is 32.2. The SMILES string of the molecule is Cc1ccc(CN(c2ccc(C)cc2C)S(C)(=O)=O)cc1. The van der Waals surface area contributed by atoms with Crippen LogP contribution in [0.4, 0.5) is 5.69 Å². The third-order valence-electron chi connectivity index (χ3n) is 3.47. The summed E-state index contributed by atoms with van der Waals surface area (Å²) >= 11 is 0. The average Bonchev–Trinajstić information content (AvgIpc) is 2.38. The zero-order chi connectivity index (χ0) is 15.6. The average molecular weight is 303 g/mol. The predicted octanol–water partition coefficient (Wildman–Crippen LogP) is 3.58. The molecule has 0 heterocycles. The van der Waals surface area contributed by atoms with E-state index in [1.807, 2.05) is 63.2 Å². The second-order valence-electron chi connectivity index (χ2n) is 5.55. The fraction of sp³-hybridized carbons (Fsp3) is 0.294. The molecule has 0 aliphatic heterocycles. The van der Waals surface area contributed by atoms with Crippen molar-refractivity contribution in [1.29, 1.82) is 0 Å². The van der Waals surface area contributed by atoms with Gasteiger partial charge in [-0.3, -0.25) is 4.31 Å². The smallest absolute Gasteiger partial charge is 0.232 e. The van der Waals surface area contributed by atoms with Crippen LogP contribution in [0.25, 0.3) is 0 Å². The Labute approximate surface area is 127 Å². The molecule has 0 saturated carbocycles. The molecule has 0 bridgehead atoms. The van der Waals surface area contributed by atoms with Gasteiger partial charge in [0, 0.05) is 0 Å². The zero-order valence-electron chi connectivity index (χ0n) is 12.9. The molecule has 0 unspecified atom stereocenters. The molecule has 0 saturated heterocycles. The molecule has 3 nitrogen and oxygen atoms in total. The number of hydrogen-bond acceptors (Lipinski definition) is 2. The van der Waals surface area contributed by atoms with Crippen molar-refractivity contribution in [2.45, 2.75) is 27.3 Å². The number of sulfonamides is 1. The molecular formula is C17H21NO2S. The van der Waals surface area contributed by atoms with Crippen LogP contribution in [0.2, 0.25) is 0 Å². The summed E-state index contributed by atoms with van der Waals surface area (Å²) in [6.45, 7) is 6.31. The minimum Gasteiger partial charge on any atom is -0.266 e. The second-order valence-corrected chi connectivity index (χ2v) is 7.45. The molecule has 0 aliphatic carbocycles. The van der Waals surface area contributed by atoms with Crippen LogP contribution in [0.1, 0.15) is 22.3 Å². The van der Waals surface area contributed by atoms with E-state index in [4.69, 9.17) is 0 Å². The van der Waals surface area contributed by atoms with Gasteiger partial charge < -0.3 is 0 Å². The van der Waals surface area contributed by atoms with Crippen LogP contribution in [0, 0.1) is 20.8 Å². The highest BCUT2D eigenvalue weighted by molar-refractivity contribution is 7.92. The molecule has 0 radical (unpaired) electrons. The summed E-state index contributed by atoms with van der Waals surface area (Å²) in [5, 5.41) is 0. The fourth-order valence-electron chi connectivity index (χ4n) is 2.33. The number of aryl methyl sites for hydroxylation is 3. The molecule has 0 aliphatic rings. The van der Waals surface area contributed by atoms with Crippen LogP contribution < -0.4 is 4.31 Å². The molecule has 2 aromatic rings. The number of anilines is 1. The van der Waals surface area contributed by atoms with Crippen molar-refractivity contribution in [3.05, 3.63) is 64.7 Å². The minimum absolute atomic E-state index is 0.350. The topological polar surface area (TPSA) is 37.4 Å². The monoisotopic (exact) mass is 303 g/mol. The fourth-order valence-corrected chi connectivity index (χ4v) is 3.27. The Morgan fingerprint density at radius 3 is 2.00 bits per heavy atom. The standard InChI is InChI=1S/C17H21NO2S/c1-13-5-8-16(9-6-13)12-18(21(4,19)20)17-10-7-14(2)11-15(17)3/h5-11H,12H2,1-4H3. The van der Waals surface area contributed by atoms with Crippen LogP contribution in [0.5, 0.6) is 0 Å². The van der Waals surface area contributed by atoms with E-state index in [-0.39, 0.29) is 0 Å². The Morgan fingerprint density at radius 2 is 1.48 bits per heavy atom. The van der Waals surface area contributed by atoms with Crippen LogP contribution in [0.3, 0.4) is 0 Å². The molecule has 0 aromatic heterocycles. The molecule has 0 atom stereocenters. The lowest BCUT2D eigenvalue weighted by Gasteiger charge is -2.24. The first-order valence-electron chi connectivity index (χ1n) is 6.88. The summed E-state index contributed by atoms with van der Waals surface area (Å²) in [4.78, 5) is 0. The van der Waals surface area contributed by atoms with Crippen molar-refractivity contribution < 1.29 is 8.42 Å². The number of benzene rings is 2. The van der Waals surface area contributed by atoms with E-state index in [9.17, 15) is 8.42 Å². The Hall–Kier alpha value is -1.81. The minimum atomic E-state index is -3.33. The number of nitrogens with zero attached hydrogens (tertiary/aromatic N) is 1. The largest absolute Gasteiger partial charge is 0.266 e. The summed E-state index contributed by atoms with van der Waals surface area (Å²) in [5.41, 5.74) is 4.97. The van der Waals surface area contributed by atoms with Gasteiger partial charge in [-0.05, 0) is 38.0 Å². The van der Waals surface area contributed by atoms with Crippen molar-refractivity contribution in [3.8, 4) is 0 Å². The summed E-state index contributed by atoms with van der Waals surface area (Å²) in [6.07, 6.45) is 1.25. The Balaban J connectivity index is 2.42. The molecule has 2 aromatic carbocycles. The van der Waals surface area contributed by atoms with Crippen LogP contribution >= 0.6 is 0 Å². The highest BCUT2D eigenvalue weighted by Gasteiger charge is 2.19. The van der Waals surface area contributed by atoms with Gasteiger partial charge in [0.05, 0.1) is 18.5 Å². The van der Waals surface area contributed by atoms with Crippen molar-refractivity contribution >= 4 is 15.7 Å². The van der Waals surface area contributed by atoms with Crippen molar-refractivity contribution in [2.75, 3.05) is 10.6 Å². The third kappa shape index (κ3) is 3.85. The van der Waals surface area contributed by atoms with Gasteiger partial charge in [-0.25, -0.2) is 8.42 Å². The number of rotatable bonds is 4. The molecule has 0 N–H and O–H groups in total. The molecular weight excluding hydrogens is 282 g/mol. The maximum absolute atomic E-state index is 12.2. The maximum Gasteiger partial charge on any atom is 0.232 e. The Kier molecular flexibility index (Phi) is 4.37. The first-order valence-corrected chi connectivity index (χ1v) is 8.73. The van der Waals surface area contributed by atoms with E-state index in [0.717, 1.165) is 27.9 Å². The van der Waals surface area contributed by atoms with Crippen molar-refractivity contribution in [2.24, 2.45) is 0 Å². The predicted molar refractivity (Wildman–Crippen MR) is 88.1 cm³/mol. The lowest BCUT2D eigenvalue weighted by Crippen LogP contribution is -2.29. The van der Waals surface area contributed by atoms with E-state index in [1.54, 1.807) is 0 Å². The summed E-state index contributed by atoms with van der Waals surface area (Å²) in [5.74, 6) is 0. The van der Waals surface area contributed by atoms with Gasteiger partial charge >= 0.3 is 0 Å². The van der Waals surface area contributed by atoms with Gasteiger partial charge in [0.15, 0.2) is 0 Å². The normalized spacial score (nSPS) is 11.4. The second kappa shape index (κ2) is 5.90. The quantitative estimate of drug-likeness (QED) is 0.866. The summed E-state index contributed by atoms with van der Waals surface area (Å²) < 4.78 is 25.8.